The first kappa shape index (κ1) is 23.9. The van der Waals surface area contributed by atoms with E-state index in [1.807, 2.05) is 48.5 Å². The fraction of sp³-hybridized carbons (Fsp3) is 0.0690. The predicted octanol–water partition coefficient (Wildman–Crippen LogP) is 4.99. The van der Waals surface area contributed by atoms with Gasteiger partial charge in [-0.1, -0.05) is 41.6 Å². The Labute approximate surface area is 222 Å². The Balaban J connectivity index is 1.22. The average molecular weight is 519 g/mol. The Kier molecular flexibility index (Phi) is 6.18. The van der Waals surface area contributed by atoms with Gasteiger partial charge in [-0.05, 0) is 48.0 Å². The molecule has 0 saturated heterocycles. The molecule has 0 aliphatic rings. The van der Waals surface area contributed by atoms with Crippen molar-refractivity contribution in [1.29, 1.82) is 0 Å². The molecule has 0 spiro atoms. The summed E-state index contributed by atoms with van der Waals surface area (Å²) in [5, 5.41) is 17.4. The summed E-state index contributed by atoms with van der Waals surface area (Å²) in [6.07, 6.45) is 1.65. The number of H-pyrrole nitrogens is 1. The first-order valence-corrected chi connectivity index (χ1v) is 12.1. The van der Waals surface area contributed by atoms with Crippen LogP contribution in [-0.2, 0) is 6.54 Å². The summed E-state index contributed by atoms with van der Waals surface area (Å²) in [7, 11) is 1.56. The van der Waals surface area contributed by atoms with Crippen LogP contribution in [0.5, 0.6) is 11.6 Å². The molecule has 10 heteroatoms. The molecule has 3 N–H and O–H groups in total. The van der Waals surface area contributed by atoms with Gasteiger partial charge in [-0.15, -0.1) is 0 Å². The lowest BCUT2D eigenvalue weighted by Gasteiger charge is -2.09. The van der Waals surface area contributed by atoms with Crippen molar-refractivity contribution < 1.29 is 19.2 Å². The van der Waals surface area contributed by atoms with Gasteiger partial charge in [0.15, 0.2) is 0 Å². The van der Waals surface area contributed by atoms with Crippen LogP contribution in [0.2, 0.25) is 0 Å². The molecule has 6 rings (SSSR count). The van der Waals surface area contributed by atoms with Crippen LogP contribution in [0.1, 0.15) is 16.2 Å². The van der Waals surface area contributed by atoms with Crippen molar-refractivity contribution >= 4 is 16.9 Å². The second-order valence-corrected chi connectivity index (χ2v) is 8.67. The second kappa shape index (κ2) is 10.1. The number of aromatic nitrogens is 5. The van der Waals surface area contributed by atoms with Gasteiger partial charge in [0.25, 0.3) is 5.91 Å². The normalized spacial score (nSPS) is 11.0. The first-order chi connectivity index (χ1) is 19.1. The van der Waals surface area contributed by atoms with Crippen LogP contribution in [-0.4, -0.2) is 43.2 Å². The van der Waals surface area contributed by atoms with Crippen molar-refractivity contribution in [3.05, 3.63) is 96.5 Å². The van der Waals surface area contributed by atoms with Gasteiger partial charge in [-0.2, -0.15) is 4.98 Å². The molecule has 0 unspecified atom stereocenters. The van der Waals surface area contributed by atoms with Gasteiger partial charge >= 0.3 is 0 Å². The topological polar surface area (TPSA) is 139 Å². The minimum absolute atomic E-state index is 0.0630. The van der Waals surface area contributed by atoms with Crippen LogP contribution < -0.4 is 10.1 Å². The van der Waals surface area contributed by atoms with Gasteiger partial charge in [0.05, 0.1) is 30.3 Å². The van der Waals surface area contributed by atoms with E-state index in [1.54, 1.807) is 43.6 Å². The number of hydrogen-bond acceptors (Lipinski definition) is 8. The number of hydrogen-bond donors (Lipinski definition) is 3. The van der Waals surface area contributed by atoms with Crippen molar-refractivity contribution in [2.75, 3.05) is 7.11 Å². The minimum atomic E-state index is -0.311. The summed E-state index contributed by atoms with van der Waals surface area (Å²) >= 11 is 0. The number of carbonyl (C=O) groups is 1. The highest BCUT2D eigenvalue weighted by Crippen LogP contribution is 2.35. The number of imidazole rings is 1. The number of phenolic OH excluding ortho intramolecular Hbond substituents is 1. The third kappa shape index (κ3) is 4.78. The van der Waals surface area contributed by atoms with Gasteiger partial charge in [-0.25, -0.2) is 9.97 Å². The first-order valence-electron chi connectivity index (χ1n) is 12.1. The molecule has 39 heavy (non-hydrogen) atoms. The molecule has 0 fully saturated rings. The van der Waals surface area contributed by atoms with Gasteiger partial charge in [0.2, 0.25) is 17.6 Å². The van der Waals surface area contributed by atoms with Crippen molar-refractivity contribution in [1.82, 2.24) is 30.4 Å². The number of nitrogens with zero attached hydrogens (tertiary/aromatic N) is 4. The quantitative estimate of drug-likeness (QED) is 0.269. The summed E-state index contributed by atoms with van der Waals surface area (Å²) in [5.41, 5.74) is 4.64. The number of rotatable bonds is 7. The number of benzene rings is 3. The predicted molar refractivity (Wildman–Crippen MR) is 144 cm³/mol. The Morgan fingerprint density at radius 2 is 1.85 bits per heavy atom. The Morgan fingerprint density at radius 3 is 2.69 bits per heavy atom. The third-order valence-electron chi connectivity index (χ3n) is 6.17. The Bertz CT molecular complexity index is 1790. The van der Waals surface area contributed by atoms with E-state index >= 15 is 0 Å². The maximum Gasteiger partial charge on any atom is 0.251 e. The Hall–Kier alpha value is -5.51. The molecular weight excluding hydrogens is 496 g/mol. The average Bonchev–Trinajstić information content (AvgIpc) is 3.63. The highest BCUT2D eigenvalue weighted by molar-refractivity contribution is 5.97. The summed E-state index contributed by atoms with van der Waals surface area (Å²) in [4.78, 5) is 29.3. The lowest BCUT2D eigenvalue weighted by Crippen LogP contribution is -2.22. The van der Waals surface area contributed by atoms with E-state index in [4.69, 9.17) is 9.26 Å². The van der Waals surface area contributed by atoms with Crippen molar-refractivity contribution in [2.45, 2.75) is 6.54 Å². The minimum Gasteiger partial charge on any atom is -0.507 e. The molecule has 0 aliphatic heterocycles. The molecule has 3 aromatic heterocycles. The summed E-state index contributed by atoms with van der Waals surface area (Å²) in [6.45, 7) is 0.0843. The van der Waals surface area contributed by atoms with Crippen LogP contribution in [0, 0.1) is 0 Å². The molecule has 0 atom stereocenters. The molecule has 0 radical (unpaired) electrons. The standard InChI is InChI=1S/C29H22N6O4/c1-38-29-20(8-5-13-30-29)18-10-12-24(36)21(14-18)27-32-22-11-9-19(15-23(22)33-27)28(37)31-16-25-34-26(35-39-25)17-6-3-2-4-7-17/h2-15,36H,16H2,1H3,(H,31,37)(H,32,33). The number of methoxy groups -OCH3 is 1. The smallest absolute Gasteiger partial charge is 0.251 e. The zero-order valence-corrected chi connectivity index (χ0v) is 20.8. The zero-order chi connectivity index (χ0) is 26.8. The maximum atomic E-state index is 12.8. The van der Waals surface area contributed by atoms with Crippen LogP contribution in [0.15, 0.2) is 89.6 Å². The fourth-order valence-corrected chi connectivity index (χ4v) is 4.23. The number of amides is 1. The molecule has 1 amide bonds. The maximum absolute atomic E-state index is 12.8. The van der Waals surface area contributed by atoms with Gasteiger partial charge < -0.3 is 24.7 Å². The van der Waals surface area contributed by atoms with E-state index in [9.17, 15) is 9.90 Å². The Morgan fingerprint density at radius 1 is 0.974 bits per heavy atom. The van der Waals surface area contributed by atoms with Crippen LogP contribution >= 0.6 is 0 Å². The van der Waals surface area contributed by atoms with Crippen molar-refractivity contribution in [3.8, 4) is 45.5 Å². The van der Waals surface area contributed by atoms with Gasteiger partial charge in [0, 0.05) is 22.9 Å². The lowest BCUT2D eigenvalue weighted by atomic mass is 10.0. The summed E-state index contributed by atoms with van der Waals surface area (Å²) < 4.78 is 10.6. The molecule has 0 aliphatic carbocycles. The molecule has 0 bridgehead atoms. The van der Waals surface area contributed by atoms with Crippen LogP contribution in [0.25, 0.3) is 44.9 Å². The van der Waals surface area contributed by atoms with E-state index in [-0.39, 0.29) is 18.2 Å². The van der Waals surface area contributed by atoms with Crippen molar-refractivity contribution in [3.63, 3.8) is 0 Å². The second-order valence-electron chi connectivity index (χ2n) is 8.67. The summed E-state index contributed by atoms with van der Waals surface area (Å²) in [6, 6.07) is 23.5. The fourth-order valence-electron chi connectivity index (χ4n) is 4.23. The molecule has 6 aromatic rings. The molecule has 10 nitrogen and oxygen atoms in total. The van der Waals surface area contributed by atoms with E-state index in [1.165, 1.54) is 0 Å². The lowest BCUT2D eigenvalue weighted by molar-refractivity contribution is 0.0946. The van der Waals surface area contributed by atoms with E-state index in [0.29, 0.717) is 40.1 Å². The molecule has 0 saturated carbocycles. The molecular formula is C29H22N6O4. The zero-order valence-electron chi connectivity index (χ0n) is 20.8. The number of carbonyl (C=O) groups excluding carboxylic acids is 1. The molecule has 3 aromatic carbocycles. The SMILES string of the molecule is COc1ncccc1-c1ccc(O)c(-c2nc3cc(C(=O)NCc4nc(-c5ccccc5)no4)ccc3[nH]2)c1. The number of pyridine rings is 1. The highest BCUT2D eigenvalue weighted by atomic mass is 16.5. The number of aromatic hydroxyl groups is 1. The van der Waals surface area contributed by atoms with Gasteiger partial charge in [0.1, 0.15) is 11.6 Å². The van der Waals surface area contributed by atoms with Crippen LogP contribution in [0.4, 0.5) is 0 Å². The molecule has 192 valence electrons. The van der Waals surface area contributed by atoms with Crippen molar-refractivity contribution in [2.24, 2.45) is 0 Å². The van der Waals surface area contributed by atoms with Gasteiger partial charge in [-0.3, -0.25) is 4.79 Å². The third-order valence-corrected chi connectivity index (χ3v) is 6.17. The summed E-state index contributed by atoms with van der Waals surface area (Å²) in [5.74, 6) is 1.45. The number of fused-ring (bicyclic) bond motifs is 1. The number of phenols is 1. The number of aromatic amines is 1. The highest BCUT2D eigenvalue weighted by Gasteiger charge is 2.16. The van der Waals surface area contributed by atoms with E-state index in [2.05, 4.69) is 30.4 Å². The monoisotopic (exact) mass is 518 g/mol. The number of nitrogens with one attached hydrogen (secondary N) is 2. The van der Waals surface area contributed by atoms with Crippen LogP contribution in [0.3, 0.4) is 0 Å². The largest absolute Gasteiger partial charge is 0.507 e. The van der Waals surface area contributed by atoms with E-state index in [0.717, 1.165) is 22.2 Å². The molecule has 3 heterocycles. The number of ether oxygens (including phenoxy) is 1. The van der Waals surface area contributed by atoms with E-state index < -0.39 is 0 Å².